The number of Topliss-reactive ketones (excluding diaryl/α,β-unsaturated/α-hetero) is 1. The van der Waals surface area contributed by atoms with Crippen LogP contribution in [0.2, 0.25) is 0 Å². The lowest BCUT2D eigenvalue weighted by Gasteiger charge is -2.55. The summed E-state index contributed by atoms with van der Waals surface area (Å²) in [5.41, 5.74) is 0.135. The highest BCUT2D eigenvalue weighted by Gasteiger charge is 2.60. The van der Waals surface area contributed by atoms with E-state index in [-0.39, 0.29) is 5.41 Å². The van der Waals surface area contributed by atoms with Crippen molar-refractivity contribution in [3.8, 4) is 0 Å². The van der Waals surface area contributed by atoms with Crippen LogP contribution in [0.3, 0.4) is 0 Å². The van der Waals surface area contributed by atoms with E-state index in [0.717, 1.165) is 32.5 Å². The van der Waals surface area contributed by atoms with E-state index < -0.39 is 0 Å². The second kappa shape index (κ2) is 4.19. The number of hydrogen-bond donors (Lipinski definition) is 0. The van der Waals surface area contributed by atoms with Crippen LogP contribution in [0.1, 0.15) is 45.4 Å². The van der Waals surface area contributed by atoms with Gasteiger partial charge in [0.1, 0.15) is 5.78 Å². The highest BCUT2D eigenvalue weighted by atomic mass is 16.5. The summed E-state index contributed by atoms with van der Waals surface area (Å²) in [5, 5.41) is 0. The lowest BCUT2D eigenvalue weighted by atomic mass is 9.47. The van der Waals surface area contributed by atoms with Crippen molar-refractivity contribution < 1.29 is 9.53 Å². The number of ketones is 1. The number of ether oxygens (including phenoxy) is 1. The average Bonchev–Trinajstić information content (AvgIpc) is 2.78. The molecule has 1 aliphatic heterocycles. The van der Waals surface area contributed by atoms with Crippen molar-refractivity contribution in [3.05, 3.63) is 12.7 Å². The molecule has 18 heavy (non-hydrogen) atoms. The highest BCUT2D eigenvalue weighted by molar-refractivity contribution is 5.86. The Labute approximate surface area is 110 Å². The lowest BCUT2D eigenvalue weighted by molar-refractivity contribution is -0.148. The van der Waals surface area contributed by atoms with Gasteiger partial charge in [-0.1, -0.05) is 19.4 Å². The molecule has 0 unspecified atom stereocenters. The number of rotatable bonds is 2. The van der Waals surface area contributed by atoms with Crippen LogP contribution < -0.4 is 0 Å². The maximum Gasteiger partial charge on any atom is 0.139 e. The maximum absolute atomic E-state index is 12.5. The predicted octanol–water partition coefficient (Wildman–Crippen LogP) is 3.36. The van der Waals surface area contributed by atoms with Crippen LogP contribution >= 0.6 is 0 Å². The van der Waals surface area contributed by atoms with Crippen LogP contribution in [0.4, 0.5) is 0 Å². The molecular formula is C16H24O2. The van der Waals surface area contributed by atoms with Gasteiger partial charge in [0.05, 0.1) is 13.2 Å². The Morgan fingerprint density at radius 2 is 2.33 bits per heavy atom. The van der Waals surface area contributed by atoms with E-state index in [4.69, 9.17) is 4.74 Å². The molecule has 0 N–H and O–H groups in total. The maximum atomic E-state index is 12.5. The van der Waals surface area contributed by atoms with E-state index in [2.05, 4.69) is 13.5 Å². The predicted molar refractivity (Wildman–Crippen MR) is 71.2 cm³/mol. The first kappa shape index (κ1) is 12.4. The Bertz CT molecular complexity index is 375. The van der Waals surface area contributed by atoms with Gasteiger partial charge in [-0.2, -0.15) is 0 Å². The summed E-state index contributed by atoms with van der Waals surface area (Å²) in [7, 11) is 0. The fourth-order valence-electron chi connectivity index (χ4n) is 5.07. The number of carbonyl (C=O) groups is 1. The van der Waals surface area contributed by atoms with E-state index in [1.165, 1.54) is 19.3 Å². The fourth-order valence-corrected chi connectivity index (χ4v) is 5.07. The number of allylic oxidation sites excluding steroid dienone is 1. The van der Waals surface area contributed by atoms with Gasteiger partial charge >= 0.3 is 0 Å². The first-order chi connectivity index (χ1) is 8.63. The van der Waals surface area contributed by atoms with E-state index in [9.17, 15) is 4.79 Å². The first-order valence-electron chi connectivity index (χ1n) is 7.35. The van der Waals surface area contributed by atoms with Crippen molar-refractivity contribution in [3.63, 3.8) is 0 Å². The SMILES string of the molecule is C=CC[C@]1(C)C(=O)CC[C@]23COC[C@H]2CCC[C@H]31. The quantitative estimate of drug-likeness (QED) is 0.700. The van der Waals surface area contributed by atoms with Gasteiger partial charge in [0.25, 0.3) is 0 Å². The zero-order chi connectivity index (χ0) is 12.8. The van der Waals surface area contributed by atoms with Crippen LogP contribution in [0.25, 0.3) is 0 Å². The van der Waals surface area contributed by atoms with E-state index in [1.807, 2.05) is 6.08 Å². The van der Waals surface area contributed by atoms with Crippen molar-refractivity contribution >= 4 is 5.78 Å². The molecule has 2 nitrogen and oxygen atoms in total. The second-order valence-electron chi connectivity index (χ2n) is 6.76. The van der Waals surface area contributed by atoms with E-state index in [0.29, 0.717) is 23.0 Å². The van der Waals surface area contributed by atoms with Crippen molar-refractivity contribution in [2.45, 2.75) is 45.4 Å². The van der Waals surface area contributed by atoms with Crippen LogP contribution in [0.15, 0.2) is 12.7 Å². The molecule has 0 radical (unpaired) electrons. The molecule has 3 aliphatic rings. The van der Waals surface area contributed by atoms with Gasteiger partial charge in [-0.05, 0) is 37.5 Å². The summed E-state index contributed by atoms with van der Waals surface area (Å²) in [6.07, 6.45) is 8.36. The van der Waals surface area contributed by atoms with Crippen LogP contribution in [-0.4, -0.2) is 19.0 Å². The van der Waals surface area contributed by atoms with E-state index in [1.54, 1.807) is 0 Å². The molecule has 2 aliphatic carbocycles. The third kappa shape index (κ3) is 1.48. The summed E-state index contributed by atoms with van der Waals surface area (Å²) < 4.78 is 5.82. The van der Waals surface area contributed by atoms with Crippen LogP contribution in [0, 0.1) is 22.7 Å². The molecular weight excluding hydrogens is 224 g/mol. The Kier molecular flexibility index (Phi) is 2.89. The molecule has 0 aromatic heterocycles. The number of carbonyl (C=O) groups excluding carboxylic acids is 1. The first-order valence-corrected chi connectivity index (χ1v) is 7.35. The van der Waals surface area contributed by atoms with Gasteiger partial charge in [-0.25, -0.2) is 0 Å². The molecule has 2 heteroatoms. The lowest BCUT2D eigenvalue weighted by Crippen LogP contribution is -2.55. The van der Waals surface area contributed by atoms with Crippen LogP contribution in [-0.2, 0) is 9.53 Å². The molecule has 3 fully saturated rings. The van der Waals surface area contributed by atoms with Gasteiger partial charge in [-0.15, -0.1) is 6.58 Å². The van der Waals surface area contributed by atoms with Gasteiger partial charge in [0.15, 0.2) is 0 Å². The minimum absolute atomic E-state index is 0.174. The molecule has 1 spiro atoms. The van der Waals surface area contributed by atoms with Crippen molar-refractivity contribution in [2.24, 2.45) is 22.7 Å². The molecule has 2 saturated carbocycles. The molecule has 1 saturated heterocycles. The highest BCUT2D eigenvalue weighted by Crippen LogP contribution is 2.62. The smallest absolute Gasteiger partial charge is 0.139 e. The van der Waals surface area contributed by atoms with Gasteiger partial charge in [0.2, 0.25) is 0 Å². The molecule has 0 aromatic carbocycles. The number of hydrogen-bond acceptors (Lipinski definition) is 2. The molecule has 0 amide bonds. The molecule has 0 aromatic rings. The minimum Gasteiger partial charge on any atom is -0.381 e. The van der Waals surface area contributed by atoms with Crippen molar-refractivity contribution in [1.82, 2.24) is 0 Å². The topological polar surface area (TPSA) is 26.3 Å². The average molecular weight is 248 g/mol. The zero-order valence-electron chi connectivity index (χ0n) is 11.4. The zero-order valence-corrected chi connectivity index (χ0v) is 11.4. The van der Waals surface area contributed by atoms with Gasteiger partial charge < -0.3 is 4.74 Å². The van der Waals surface area contributed by atoms with Crippen molar-refractivity contribution in [1.29, 1.82) is 0 Å². The third-order valence-corrected chi connectivity index (χ3v) is 6.03. The third-order valence-electron chi connectivity index (χ3n) is 6.03. The Morgan fingerprint density at radius 1 is 1.50 bits per heavy atom. The monoisotopic (exact) mass is 248 g/mol. The minimum atomic E-state index is -0.174. The van der Waals surface area contributed by atoms with Gasteiger partial charge in [-0.3, -0.25) is 4.79 Å². The Balaban J connectivity index is 2.00. The fraction of sp³-hybridized carbons (Fsp3) is 0.812. The second-order valence-corrected chi connectivity index (χ2v) is 6.76. The summed E-state index contributed by atoms with van der Waals surface area (Å²) in [4.78, 5) is 12.5. The van der Waals surface area contributed by atoms with Crippen molar-refractivity contribution in [2.75, 3.05) is 13.2 Å². The Morgan fingerprint density at radius 3 is 3.11 bits per heavy atom. The van der Waals surface area contributed by atoms with Crippen LogP contribution in [0.5, 0.6) is 0 Å². The Hall–Kier alpha value is -0.630. The summed E-state index contributed by atoms with van der Waals surface area (Å²) in [5.74, 6) is 1.68. The van der Waals surface area contributed by atoms with E-state index >= 15 is 0 Å². The molecule has 3 rings (SSSR count). The standard InChI is InChI=1S/C16H24O2/c1-3-8-15(2)13-6-4-5-12-10-18-11-16(12,13)9-7-14(15)17/h3,12-13H,1,4-11H2,2H3/t12-,13+,15+,16+/m1/s1. The summed E-state index contributed by atoms with van der Waals surface area (Å²) in [6.45, 7) is 7.87. The largest absolute Gasteiger partial charge is 0.381 e. The molecule has 0 bridgehead atoms. The molecule has 1 heterocycles. The summed E-state index contributed by atoms with van der Waals surface area (Å²) in [6, 6.07) is 0. The normalized spacial score (nSPS) is 47.5. The van der Waals surface area contributed by atoms with Gasteiger partial charge in [0, 0.05) is 17.3 Å². The molecule has 4 atom stereocenters. The summed E-state index contributed by atoms with van der Waals surface area (Å²) >= 11 is 0. The molecule has 100 valence electrons.